The summed E-state index contributed by atoms with van der Waals surface area (Å²) in [5.41, 5.74) is 0.918. The van der Waals surface area contributed by atoms with Gasteiger partial charge >= 0.3 is 5.97 Å². The van der Waals surface area contributed by atoms with Crippen LogP contribution in [0, 0.1) is 5.92 Å². The van der Waals surface area contributed by atoms with Crippen molar-refractivity contribution in [1.29, 1.82) is 0 Å². The molecule has 0 aliphatic carbocycles. The Hall–Kier alpha value is -3.00. The van der Waals surface area contributed by atoms with Crippen molar-refractivity contribution in [3.63, 3.8) is 0 Å². The van der Waals surface area contributed by atoms with Gasteiger partial charge in [0.15, 0.2) is 5.78 Å². The minimum atomic E-state index is -0.753. The summed E-state index contributed by atoms with van der Waals surface area (Å²) >= 11 is 1.30. The molecule has 2 heterocycles. The van der Waals surface area contributed by atoms with Gasteiger partial charge in [0.1, 0.15) is 6.04 Å². The Morgan fingerprint density at radius 1 is 1.16 bits per heavy atom. The molecule has 0 spiro atoms. The van der Waals surface area contributed by atoms with E-state index < -0.39 is 24.0 Å². The van der Waals surface area contributed by atoms with Crippen LogP contribution in [0.25, 0.3) is 0 Å². The van der Waals surface area contributed by atoms with E-state index in [2.05, 4.69) is 5.32 Å². The number of ether oxygens (including phenoxy) is 1. The van der Waals surface area contributed by atoms with Crippen LogP contribution in [0.4, 0.5) is 0 Å². The summed E-state index contributed by atoms with van der Waals surface area (Å²) in [6.07, 6.45) is 1.60. The van der Waals surface area contributed by atoms with E-state index in [0.29, 0.717) is 24.3 Å². The number of nitrogens with one attached hydrogen (secondary N) is 1. The molecule has 3 atom stereocenters. The fraction of sp³-hybridized carbons (Fsp3) is 0.417. The molecule has 170 valence electrons. The predicted octanol–water partition coefficient (Wildman–Crippen LogP) is 2.85. The Morgan fingerprint density at radius 3 is 2.56 bits per heavy atom. The molecule has 1 aromatic heterocycles. The molecule has 8 heteroatoms. The Balaban J connectivity index is 1.69. The van der Waals surface area contributed by atoms with E-state index in [-0.39, 0.29) is 24.0 Å². The van der Waals surface area contributed by atoms with Gasteiger partial charge in [-0.2, -0.15) is 0 Å². The van der Waals surface area contributed by atoms with Crippen LogP contribution < -0.4 is 5.32 Å². The lowest BCUT2D eigenvalue weighted by Gasteiger charge is -2.26. The molecule has 32 heavy (non-hydrogen) atoms. The number of thiophene rings is 1. The number of ketones is 1. The number of carbonyl (C=O) groups excluding carboxylic acids is 4. The van der Waals surface area contributed by atoms with Crippen molar-refractivity contribution in [2.45, 2.75) is 44.7 Å². The second kappa shape index (κ2) is 11.0. The molecule has 0 saturated carbocycles. The summed E-state index contributed by atoms with van der Waals surface area (Å²) < 4.78 is 4.81. The first-order valence-corrected chi connectivity index (χ1v) is 11.6. The number of esters is 1. The van der Waals surface area contributed by atoms with Crippen molar-refractivity contribution in [1.82, 2.24) is 10.2 Å². The predicted molar refractivity (Wildman–Crippen MR) is 121 cm³/mol. The molecule has 3 rings (SSSR count). The van der Waals surface area contributed by atoms with Gasteiger partial charge in [0.2, 0.25) is 5.91 Å². The van der Waals surface area contributed by atoms with Crippen molar-refractivity contribution >= 4 is 34.9 Å². The highest BCUT2D eigenvalue weighted by atomic mass is 32.1. The Kier molecular flexibility index (Phi) is 8.16. The minimum absolute atomic E-state index is 0.0224. The van der Waals surface area contributed by atoms with Crippen LogP contribution >= 0.6 is 11.3 Å². The number of hydrogen-bond acceptors (Lipinski definition) is 6. The lowest BCUT2D eigenvalue weighted by molar-refractivity contribution is -0.152. The van der Waals surface area contributed by atoms with E-state index in [4.69, 9.17) is 4.74 Å². The fourth-order valence-electron chi connectivity index (χ4n) is 3.96. The third-order valence-electron chi connectivity index (χ3n) is 5.66. The number of rotatable bonds is 9. The van der Waals surface area contributed by atoms with Crippen LogP contribution in [-0.2, 0) is 25.5 Å². The maximum atomic E-state index is 13.2. The molecule has 0 radical (unpaired) electrons. The van der Waals surface area contributed by atoms with Crippen LogP contribution in [0.1, 0.15) is 41.4 Å². The van der Waals surface area contributed by atoms with Gasteiger partial charge in [-0.3, -0.25) is 14.4 Å². The summed E-state index contributed by atoms with van der Waals surface area (Å²) in [6, 6.07) is 11.6. The summed E-state index contributed by atoms with van der Waals surface area (Å²) in [5, 5.41) is 4.64. The summed E-state index contributed by atoms with van der Waals surface area (Å²) in [5.74, 6) is -1.80. The maximum Gasteiger partial charge on any atom is 0.328 e. The van der Waals surface area contributed by atoms with Gasteiger partial charge in [-0.25, -0.2) is 4.79 Å². The van der Waals surface area contributed by atoms with E-state index in [1.165, 1.54) is 23.3 Å². The highest BCUT2D eigenvalue weighted by Gasteiger charge is 2.37. The van der Waals surface area contributed by atoms with Gasteiger partial charge in [0, 0.05) is 18.9 Å². The first-order chi connectivity index (χ1) is 15.4. The normalized spacial score (nSPS) is 17.4. The van der Waals surface area contributed by atoms with E-state index >= 15 is 0 Å². The molecule has 1 N–H and O–H groups in total. The van der Waals surface area contributed by atoms with E-state index in [0.717, 1.165) is 12.0 Å². The molecule has 2 amide bonds. The lowest BCUT2D eigenvalue weighted by atomic mass is 9.94. The molecular weight excluding hydrogens is 428 g/mol. The van der Waals surface area contributed by atoms with Gasteiger partial charge in [-0.05, 0) is 36.3 Å². The topological polar surface area (TPSA) is 92.8 Å². The first kappa shape index (κ1) is 23.7. The molecule has 7 nitrogen and oxygen atoms in total. The highest BCUT2D eigenvalue weighted by Crippen LogP contribution is 2.22. The largest absolute Gasteiger partial charge is 0.467 e. The molecule has 2 aromatic rings. The van der Waals surface area contributed by atoms with Crippen LogP contribution in [0.2, 0.25) is 0 Å². The number of benzene rings is 1. The third kappa shape index (κ3) is 5.82. The monoisotopic (exact) mass is 456 g/mol. The number of nitrogens with zero attached hydrogens (tertiary/aromatic N) is 1. The zero-order chi connectivity index (χ0) is 23.1. The van der Waals surface area contributed by atoms with Crippen molar-refractivity contribution in [3.8, 4) is 0 Å². The van der Waals surface area contributed by atoms with Crippen molar-refractivity contribution in [2.75, 3.05) is 13.7 Å². The number of methoxy groups -OCH3 is 1. The zero-order valence-electron chi connectivity index (χ0n) is 18.3. The summed E-state index contributed by atoms with van der Waals surface area (Å²) in [4.78, 5) is 52.8. The molecule has 1 aromatic carbocycles. The van der Waals surface area contributed by atoms with Gasteiger partial charge in [-0.1, -0.05) is 43.3 Å². The van der Waals surface area contributed by atoms with Crippen LogP contribution in [0.3, 0.4) is 0 Å². The second-order valence-corrected chi connectivity index (χ2v) is 8.93. The van der Waals surface area contributed by atoms with E-state index in [1.807, 2.05) is 30.3 Å². The quantitative estimate of drug-likeness (QED) is 0.586. The standard InChI is InChI=1S/C24H28N2O5S/c1-16(23(29)26-12-6-10-19(26)24(30)31-2)14-20(27)18(15-17-8-4-3-5-9-17)25-22(28)21-11-7-13-32-21/h3-5,7-9,11,13,16,18-19H,6,10,12,14-15H2,1-2H3,(H,25,28)/t16?,18?,19-/m0/s1. The van der Waals surface area contributed by atoms with Crippen LogP contribution in [0.5, 0.6) is 0 Å². The smallest absolute Gasteiger partial charge is 0.328 e. The van der Waals surface area contributed by atoms with Crippen molar-refractivity contribution < 1.29 is 23.9 Å². The van der Waals surface area contributed by atoms with Gasteiger partial charge < -0.3 is 15.0 Å². The zero-order valence-corrected chi connectivity index (χ0v) is 19.1. The molecule has 1 aliphatic rings. The molecule has 2 unspecified atom stereocenters. The summed E-state index contributed by atoms with van der Waals surface area (Å²) in [6.45, 7) is 2.16. The maximum absolute atomic E-state index is 13.2. The van der Waals surface area contributed by atoms with Crippen LogP contribution in [-0.4, -0.2) is 54.2 Å². The average molecular weight is 457 g/mol. The summed E-state index contributed by atoms with van der Waals surface area (Å²) in [7, 11) is 1.31. The van der Waals surface area contributed by atoms with E-state index in [1.54, 1.807) is 24.4 Å². The molecular formula is C24H28N2O5S. The average Bonchev–Trinajstić information content (AvgIpc) is 3.50. The molecule has 1 aliphatic heterocycles. The van der Waals surface area contributed by atoms with Gasteiger partial charge in [-0.15, -0.1) is 11.3 Å². The fourth-order valence-corrected chi connectivity index (χ4v) is 4.59. The lowest BCUT2D eigenvalue weighted by Crippen LogP contribution is -2.46. The molecule has 1 saturated heterocycles. The highest BCUT2D eigenvalue weighted by molar-refractivity contribution is 7.12. The number of amides is 2. The number of Topliss-reactive ketones (excluding diaryl/α,β-unsaturated/α-hetero) is 1. The second-order valence-electron chi connectivity index (χ2n) is 7.98. The van der Waals surface area contributed by atoms with Crippen molar-refractivity contribution in [3.05, 3.63) is 58.3 Å². The molecule has 0 bridgehead atoms. The Morgan fingerprint density at radius 2 is 1.91 bits per heavy atom. The number of likely N-dealkylation sites (tertiary alicyclic amines) is 1. The Bertz CT molecular complexity index is 945. The van der Waals surface area contributed by atoms with E-state index in [9.17, 15) is 19.2 Å². The van der Waals surface area contributed by atoms with Crippen LogP contribution in [0.15, 0.2) is 47.8 Å². The van der Waals surface area contributed by atoms with Crippen molar-refractivity contribution in [2.24, 2.45) is 5.92 Å². The number of carbonyl (C=O) groups is 4. The third-order valence-corrected chi connectivity index (χ3v) is 6.53. The SMILES string of the molecule is COC(=O)[C@@H]1CCCN1C(=O)C(C)CC(=O)C(Cc1ccccc1)NC(=O)c1cccs1. The minimum Gasteiger partial charge on any atom is -0.467 e. The Labute approximate surface area is 191 Å². The molecule has 1 fully saturated rings. The first-order valence-electron chi connectivity index (χ1n) is 10.7. The van der Waals surface area contributed by atoms with Gasteiger partial charge in [0.25, 0.3) is 5.91 Å². The van der Waals surface area contributed by atoms with Gasteiger partial charge in [0.05, 0.1) is 18.0 Å². The number of hydrogen-bond donors (Lipinski definition) is 1.